The van der Waals surface area contributed by atoms with Gasteiger partial charge in [-0.15, -0.1) is 11.3 Å². The first-order chi connectivity index (χ1) is 15.4. The highest BCUT2D eigenvalue weighted by molar-refractivity contribution is 7.18. The van der Waals surface area contributed by atoms with Crippen molar-refractivity contribution in [3.8, 4) is 5.75 Å². The summed E-state index contributed by atoms with van der Waals surface area (Å²) in [5, 5.41) is 3.46. The number of nitrogens with zero attached hydrogens (tertiary/aromatic N) is 1. The molecule has 0 saturated carbocycles. The van der Waals surface area contributed by atoms with Crippen LogP contribution >= 0.6 is 11.3 Å². The predicted molar refractivity (Wildman–Crippen MR) is 124 cm³/mol. The van der Waals surface area contributed by atoms with Crippen LogP contribution in [0.15, 0.2) is 53.3 Å². The molecule has 0 spiro atoms. The molecule has 6 nitrogen and oxygen atoms in total. The van der Waals surface area contributed by atoms with Crippen molar-refractivity contribution in [2.24, 2.45) is 0 Å². The van der Waals surface area contributed by atoms with E-state index in [-0.39, 0.29) is 23.7 Å². The maximum absolute atomic E-state index is 13.0. The van der Waals surface area contributed by atoms with Gasteiger partial charge in [0.2, 0.25) is 5.91 Å². The third-order valence-corrected chi connectivity index (χ3v) is 6.21. The molecule has 0 bridgehead atoms. The number of aryl methyl sites for hydroxylation is 3. The van der Waals surface area contributed by atoms with E-state index in [1.54, 1.807) is 36.4 Å². The SMILES string of the molecule is Cc1sc2nc(CCC(=O)Nc3cccc(OCc4ccc(F)cc4)c3)[nH]c(=O)c2c1C. The van der Waals surface area contributed by atoms with Gasteiger partial charge in [0, 0.05) is 29.5 Å². The summed E-state index contributed by atoms with van der Waals surface area (Å²) in [5.41, 5.74) is 2.23. The summed E-state index contributed by atoms with van der Waals surface area (Å²) in [7, 11) is 0. The number of thiophene rings is 1. The molecule has 2 N–H and O–H groups in total. The summed E-state index contributed by atoms with van der Waals surface area (Å²) in [5.74, 6) is 0.600. The smallest absolute Gasteiger partial charge is 0.259 e. The molecule has 0 aliphatic rings. The van der Waals surface area contributed by atoms with Gasteiger partial charge in [0.25, 0.3) is 5.56 Å². The molecule has 0 atom stereocenters. The van der Waals surface area contributed by atoms with Gasteiger partial charge in [-0.3, -0.25) is 9.59 Å². The normalized spacial score (nSPS) is 11.0. The second-order valence-electron chi connectivity index (χ2n) is 7.47. The average Bonchev–Trinajstić information content (AvgIpc) is 3.06. The molecule has 2 heterocycles. The fourth-order valence-corrected chi connectivity index (χ4v) is 4.33. The number of anilines is 1. The van der Waals surface area contributed by atoms with Crippen molar-refractivity contribution in [2.75, 3.05) is 5.32 Å². The van der Waals surface area contributed by atoms with E-state index in [9.17, 15) is 14.0 Å². The first-order valence-corrected chi connectivity index (χ1v) is 11.0. The van der Waals surface area contributed by atoms with Gasteiger partial charge in [-0.1, -0.05) is 18.2 Å². The summed E-state index contributed by atoms with van der Waals surface area (Å²) >= 11 is 1.49. The van der Waals surface area contributed by atoms with Gasteiger partial charge in [-0.25, -0.2) is 9.37 Å². The summed E-state index contributed by atoms with van der Waals surface area (Å²) in [4.78, 5) is 33.8. The molecule has 4 aromatic rings. The van der Waals surface area contributed by atoms with Gasteiger partial charge in [0.1, 0.15) is 28.8 Å². The fraction of sp³-hybridized carbons (Fsp3) is 0.208. The molecular weight excluding hydrogens is 429 g/mol. The Hall–Kier alpha value is -3.52. The van der Waals surface area contributed by atoms with E-state index < -0.39 is 0 Å². The van der Waals surface area contributed by atoms with Crippen LogP contribution in [0.2, 0.25) is 0 Å². The maximum atomic E-state index is 13.0. The molecule has 1 amide bonds. The zero-order valence-electron chi connectivity index (χ0n) is 17.7. The van der Waals surface area contributed by atoms with Crippen molar-refractivity contribution < 1.29 is 13.9 Å². The average molecular weight is 452 g/mol. The summed E-state index contributed by atoms with van der Waals surface area (Å²) < 4.78 is 18.7. The Morgan fingerprint density at radius 3 is 2.75 bits per heavy atom. The van der Waals surface area contributed by atoms with E-state index in [0.29, 0.717) is 40.5 Å². The lowest BCUT2D eigenvalue weighted by Crippen LogP contribution is -2.16. The first-order valence-electron chi connectivity index (χ1n) is 10.1. The van der Waals surface area contributed by atoms with Gasteiger partial charge >= 0.3 is 0 Å². The van der Waals surface area contributed by atoms with Gasteiger partial charge in [0.15, 0.2) is 0 Å². The lowest BCUT2D eigenvalue weighted by Gasteiger charge is -2.09. The zero-order chi connectivity index (χ0) is 22.7. The van der Waals surface area contributed by atoms with Gasteiger partial charge in [-0.05, 0) is 49.2 Å². The number of carbonyl (C=O) groups excluding carboxylic acids is 1. The van der Waals surface area contributed by atoms with Crippen molar-refractivity contribution >= 4 is 33.1 Å². The number of aromatic amines is 1. The quantitative estimate of drug-likeness (QED) is 0.419. The van der Waals surface area contributed by atoms with Gasteiger partial charge in [-0.2, -0.15) is 0 Å². The van der Waals surface area contributed by atoms with E-state index in [1.165, 1.54) is 23.5 Å². The van der Waals surface area contributed by atoms with Crippen molar-refractivity contribution in [1.82, 2.24) is 9.97 Å². The van der Waals surface area contributed by atoms with Crippen molar-refractivity contribution in [1.29, 1.82) is 0 Å². The van der Waals surface area contributed by atoms with Crippen LogP contribution in [0.4, 0.5) is 10.1 Å². The minimum absolute atomic E-state index is 0.168. The van der Waals surface area contributed by atoms with Crippen molar-refractivity contribution in [3.63, 3.8) is 0 Å². The highest BCUT2D eigenvalue weighted by Crippen LogP contribution is 2.26. The number of rotatable bonds is 7. The molecule has 0 radical (unpaired) electrons. The van der Waals surface area contributed by atoms with Crippen molar-refractivity contribution in [2.45, 2.75) is 33.3 Å². The lowest BCUT2D eigenvalue weighted by molar-refractivity contribution is -0.116. The molecule has 0 aliphatic heterocycles. The number of carbonyl (C=O) groups is 1. The molecule has 4 rings (SSSR count). The monoisotopic (exact) mass is 451 g/mol. The maximum Gasteiger partial charge on any atom is 0.259 e. The highest BCUT2D eigenvalue weighted by Gasteiger charge is 2.13. The Morgan fingerprint density at radius 1 is 1.19 bits per heavy atom. The van der Waals surface area contributed by atoms with Crippen LogP contribution in [0.5, 0.6) is 5.75 Å². The molecule has 2 aromatic heterocycles. The third-order valence-electron chi connectivity index (χ3n) is 5.11. The molecule has 32 heavy (non-hydrogen) atoms. The lowest BCUT2D eigenvalue weighted by atomic mass is 10.2. The third kappa shape index (κ3) is 5.03. The molecule has 0 saturated heterocycles. The molecule has 0 fully saturated rings. The second-order valence-corrected chi connectivity index (χ2v) is 8.67. The number of ether oxygens (including phenoxy) is 1. The molecule has 0 unspecified atom stereocenters. The molecular formula is C24H22FN3O3S. The number of benzene rings is 2. The van der Waals surface area contributed by atoms with Crippen LogP contribution in [0.3, 0.4) is 0 Å². The first kappa shape index (κ1) is 21.7. The van der Waals surface area contributed by atoms with Gasteiger partial charge in [0.05, 0.1) is 5.39 Å². The molecule has 2 aromatic carbocycles. The molecule has 0 aliphatic carbocycles. The summed E-state index contributed by atoms with van der Waals surface area (Å²) in [6.45, 7) is 4.17. The number of H-pyrrole nitrogens is 1. The number of amides is 1. The van der Waals surface area contributed by atoms with Crippen molar-refractivity contribution in [3.05, 3.63) is 86.5 Å². The summed E-state index contributed by atoms with van der Waals surface area (Å²) in [6, 6.07) is 13.2. The number of hydrogen-bond donors (Lipinski definition) is 2. The highest BCUT2D eigenvalue weighted by atomic mass is 32.1. The topological polar surface area (TPSA) is 84.1 Å². The van der Waals surface area contributed by atoms with Crippen LogP contribution in [0, 0.1) is 19.7 Å². The Labute approximate surface area is 188 Å². The van der Waals surface area contributed by atoms with E-state index >= 15 is 0 Å². The zero-order valence-corrected chi connectivity index (χ0v) is 18.5. The Morgan fingerprint density at radius 2 is 1.97 bits per heavy atom. The van der Waals surface area contributed by atoms with E-state index in [0.717, 1.165) is 16.0 Å². The van der Waals surface area contributed by atoms with Gasteiger partial charge < -0.3 is 15.0 Å². The Balaban J connectivity index is 1.35. The fourth-order valence-electron chi connectivity index (χ4n) is 3.28. The number of fused-ring (bicyclic) bond motifs is 1. The van der Waals surface area contributed by atoms with Crippen LogP contribution in [-0.4, -0.2) is 15.9 Å². The Bertz CT molecular complexity index is 1330. The van der Waals surface area contributed by atoms with Crippen LogP contribution in [0.25, 0.3) is 10.2 Å². The number of halogens is 1. The Kier molecular flexibility index (Phi) is 6.32. The van der Waals surface area contributed by atoms with E-state index in [1.807, 2.05) is 13.8 Å². The van der Waals surface area contributed by atoms with Crippen LogP contribution in [-0.2, 0) is 17.8 Å². The van der Waals surface area contributed by atoms with Crippen LogP contribution in [0.1, 0.15) is 28.2 Å². The molecule has 164 valence electrons. The number of hydrogen-bond acceptors (Lipinski definition) is 5. The van der Waals surface area contributed by atoms with E-state index in [2.05, 4.69) is 15.3 Å². The number of aromatic nitrogens is 2. The largest absolute Gasteiger partial charge is 0.489 e. The minimum Gasteiger partial charge on any atom is -0.489 e. The predicted octanol–water partition coefficient (Wildman–Crippen LogP) is 4.89. The second kappa shape index (κ2) is 9.32. The minimum atomic E-state index is -0.293. The van der Waals surface area contributed by atoms with E-state index in [4.69, 9.17) is 4.74 Å². The van der Waals surface area contributed by atoms with Crippen LogP contribution < -0.4 is 15.6 Å². The standard InChI is InChI=1S/C24H22FN3O3S/c1-14-15(2)32-24-22(14)23(30)27-20(28-24)10-11-21(29)26-18-4-3-5-19(12-18)31-13-16-6-8-17(25)9-7-16/h3-9,12H,10-11,13H2,1-2H3,(H,26,29)(H,27,28,30). The summed E-state index contributed by atoms with van der Waals surface area (Å²) in [6.07, 6.45) is 0.506. The molecule has 8 heteroatoms. The number of nitrogens with one attached hydrogen (secondary N) is 2.